The van der Waals surface area contributed by atoms with E-state index in [0.29, 0.717) is 11.6 Å². The van der Waals surface area contributed by atoms with Gasteiger partial charge in [0.15, 0.2) is 5.16 Å². The van der Waals surface area contributed by atoms with Gasteiger partial charge in [-0.05, 0) is 37.6 Å². The van der Waals surface area contributed by atoms with Gasteiger partial charge < -0.3 is 4.42 Å². The Morgan fingerprint density at radius 1 is 1.08 bits per heavy atom. The van der Waals surface area contributed by atoms with Crippen LogP contribution in [0.1, 0.15) is 16.8 Å². The first kappa shape index (κ1) is 16.6. The summed E-state index contributed by atoms with van der Waals surface area (Å²) in [7, 11) is 0. The Kier molecular flexibility index (Phi) is 4.58. The van der Waals surface area contributed by atoms with Gasteiger partial charge in [0.2, 0.25) is 5.89 Å². The van der Waals surface area contributed by atoms with Gasteiger partial charge >= 0.3 is 0 Å². The number of thioether (sulfide) groups is 1. The van der Waals surface area contributed by atoms with Crippen LogP contribution in [0, 0.1) is 13.8 Å². The van der Waals surface area contributed by atoms with Crippen LogP contribution in [0.15, 0.2) is 70.7 Å². The zero-order chi connectivity index (χ0) is 17.9. The molecule has 2 heterocycles. The van der Waals surface area contributed by atoms with Crippen molar-refractivity contribution in [2.75, 3.05) is 0 Å². The van der Waals surface area contributed by atoms with Gasteiger partial charge in [0.1, 0.15) is 12.6 Å². The van der Waals surface area contributed by atoms with Gasteiger partial charge in [-0.3, -0.25) is 4.57 Å². The fourth-order valence-electron chi connectivity index (χ4n) is 2.79. The minimum absolute atomic E-state index is 0.636. The quantitative estimate of drug-likeness (QED) is 0.476. The van der Waals surface area contributed by atoms with E-state index in [0.717, 1.165) is 22.1 Å². The highest BCUT2D eigenvalue weighted by atomic mass is 32.2. The van der Waals surface area contributed by atoms with E-state index < -0.39 is 0 Å². The Balaban J connectivity index is 1.51. The largest absolute Gasteiger partial charge is 0.444 e. The van der Waals surface area contributed by atoms with Gasteiger partial charge in [-0.1, -0.05) is 47.7 Å². The molecular weight excluding hydrogens is 344 g/mol. The maximum atomic E-state index is 5.60. The minimum Gasteiger partial charge on any atom is -0.444 e. The molecule has 0 unspecified atom stereocenters. The Morgan fingerprint density at radius 3 is 2.73 bits per heavy atom. The van der Waals surface area contributed by atoms with Crippen LogP contribution in [0.2, 0.25) is 0 Å². The maximum absolute atomic E-state index is 5.60. The highest BCUT2D eigenvalue weighted by Crippen LogP contribution is 2.26. The van der Waals surface area contributed by atoms with Crippen molar-refractivity contribution in [3.8, 4) is 17.1 Å². The molecule has 0 saturated heterocycles. The maximum Gasteiger partial charge on any atom is 0.226 e. The van der Waals surface area contributed by atoms with Crippen molar-refractivity contribution in [2.45, 2.75) is 24.8 Å². The van der Waals surface area contributed by atoms with Crippen LogP contribution in [0.4, 0.5) is 0 Å². The van der Waals surface area contributed by atoms with E-state index in [1.807, 2.05) is 34.9 Å². The monoisotopic (exact) mass is 362 g/mol. The molecule has 0 saturated carbocycles. The van der Waals surface area contributed by atoms with Crippen molar-refractivity contribution in [1.29, 1.82) is 0 Å². The minimum atomic E-state index is 0.636. The molecule has 0 fully saturated rings. The SMILES string of the molecule is Cc1ccc(-n2cnnc2SCc2coc(-c3ccccc3)n2)c(C)c1. The van der Waals surface area contributed by atoms with E-state index in [2.05, 4.69) is 47.2 Å². The number of aryl methyl sites for hydroxylation is 2. The van der Waals surface area contributed by atoms with Crippen LogP contribution in [0.5, 0.6) is 0 Å². The topological polar surface area (TPSA) is 56.7 Å². The number of benzene rings is 2. The summed E-state index contributed by atoms with van der Waals surface area (Å²) < 4.78 is 7.61. The molecule has 2 aromatic heterocycles. The Labute approximate surface area is 156 Å². The lowest BCUT2D eigenvalue weighted by molar-refractivity contribution is 0.573. The van der Waals surface area contributed by atoms with Gasteiger partial charge in [-0.15, -0.1) is 10.2 Å². The van der Waals surface area contributed by atoms with Crippen molar-refractivity contribution in [3.05, 3.63) is 77.9 Å². The van der Waals surface area contributed by atoms with Gasteiger partial charge in [0, 0.05) is 11.3 Å². The number of nitrogens with zero attached hydrogens (tertiary/aromatic N) is 4. The van der Waals surface area contributed by atoms with E-state index in [-0.39, 0.29) is 0 Å². The van der Waals surface area contributed by atoms with Crippen LogP contribution in [0.25, 0.3) is 17.1 Å². The molecule has 0 aliphatic heterocycles. The van der Waals surface area contributed by atoms with Crippen molar-refractivity contribution in [2.24, 2.45) is 0 Å². The second-order valence-electron chi connectivity index (χ2n) is 6.07. The predicted molar refractivity (Wildman–Crippen MR) is 102 cm³/mol. The second-order valence-corrected chi connectivity index (χ2v) is 7.01. The number of hydrogen-bond donors (Lipinski definition) is 0. The summed E-state index contributed by atoms with van der Waals surface area (Å²) in [5.41, 5.74) is 5.38. The van der Waals surface area contributed by atoms with E-state index >= 15 is 0 Å². The molecule has 26 heavy (non-hydrogen) atoms. The Morgan fingerprint density at radius 2 is 1.92 bits per heavy atom. The third kappa shape index (κ3) is 3.41. The first-order valence-electron chi connectivity index (χ1n) is 8.31. The Hall–Kier alpha value is -2.86. The lowest BCUT2D eigenvalue weighted by atomic mass is 10.1. The van der Waals surface area contributed by atoms with Crippen molar-refractivity contribution < 1.29 is 4.42 Å². The van der Waals surface area contributed by atoms with Crippen molar-refractivity contribution in [3.63, 3.8) is 0 Å². The third-order valence-corrected chi connectivity index (χ3v) is 5.03. The summed E-state index contributed by atoms with van der Waals surface area (Å²) in [6.07, 6.45) is 3.45. The average Bonchev–Trinajstić information content (AvgIpc) is 3.30. The number of hydrogen-bond acceptors (Lipinski definition) is 5. The van der Waals surface area contributed by atoms with Crippen molar-refractivity contribution >= 4 is 11.8 Å². The molecule has 0 radical (unpaired) electrons. The first-order valence-corrected chi connectivity index (χ1v) is 9.29. The van der Waals surface area contributed by atoms with Gasteiger partial charge in [0.05, 0.1) is 11.4 Å². The molecule has 6 heteroatoms. The predicted octanol–water partition coefficient (Wildman–Crippen LogP) is 4.83. The molecule has 2 aromatic carbocycles. The molecule has 0 aliphatic carbocycles. The highest BCUT2D eigenvalue weighted by molar-refractivity contribution is 7.98. The van der Waals surface area contributed by atoms with E-state index in [4.69, 9.17) is 4.42 Å². The summed E-state index contributed by atoms with van der Waals surface area (Å²) in [6.45, 7) is 4.19. The van der Waals surface area contributed by atoms with Crippen LogP contribution in [-0.4, -0.2) is 19.7 Å². The second kappa shape index (κ2) is 7.17. The fraction of sp³-hybridized carbons (Fsp3) is 0.150. The third-order valence-electron chi connectivity index (χ3n) is 4.05. The number of rotatable bonds is 5. The van der Waals surface area contributed by atoms with Crippen LogP contribution in [-0.2, 0) is 5.75 Å². The molecule has 0 aliphatic rings. The smallest absolute Gasteiger partial charge is 0.226 e. The molecular formula is C20H18N4OS. The molecule has 0 N–H and O–H groups in total. The summed E-state index contributed by atoms with van der Waals surface area (Å²) in [6, 6.07) is 16.2. The molecule has 0 spiro atoms. The molecule has 4 aromatic rings. The number of oxazole rings is 1. The zero-order valence-electron chi connectivity index (χ0n) is 14.6. The molecule has 0 atom stereocenters. The van der Waals surface area contributed by atoms with Gasteiger partial charge in [-0.2, -0.15) is 0 Å². The molecule has 5 nitrogen and oxygen atoms in total. The molecule has 0 amide bonds. The van der Waals surface area contributed by atoms with Crippen LogP contribution >= 0.6 is 11.8 Å². The van der Waals surface area contributed by atoms with Crippen LogP contribution < -0.4 is 0 Å². The summed E-state index contributed by atoms with van der Waals surface area (Å²) >= 11 is 1.59. The lowest BCUT2D eigenvalue weighted by Gasteiger charge is -2.09. The standard InChI is InChI=1S/C20H18N4OS/c1-14-8-9-18(15(2)10-14)24-13-21-23-20(24)26-12-17-11-25-19(22-17)16-6-4-3-5-7-16/h3-11,13H,12H2,1-2H3. The summed E-state index contributed by atoms with van der Waals surface area (Å²) in [5.74, 6) is 1.30. The Bertz CT molecular complexity index is 1020. The van der Waals surface area contributed by atoms with Gasteiger partial charge in [0.25, 0.3) is 0 Å². The fourth-order valence-corrected chi connectivity index (χ4v) is 3.59. The molecule has 0 bridgehead atoms. The molecule has 4 rings (SSSR count). The molecule has 130 valence electrons. The van der Waals surface area contributed by atoms with E-state index in [9.17, 15) is 0 Å². The summed E-state index contributed by atoms with van der Waals surface area (Å²) in [4.78, 5) is 4.57. The van der Waals surface area contributed by atoms with E-state index in [1.165, 1.54) is 11.1 Å². The first-order chi connectivity index (χ1) is 12.7. The van der Waals surface area contributed by atoms with Crippen molar-refractivity contribution in [1.82, 2.24) is 19.7 Å². The number of aromatic nitrogens is 4. The normalized spacial score (nSPS) is 11.0. The highest BCUT2D eigenvalue weighted by Gasteiger charge is 2.12. The zero-order valence-corrected chi connectivity index (χ0v) is 15.4. The van der Waals surface area contributed by atoms with Gasteiger partial charge in [-0.25, -0.2) is 4.98 Å². The van der Waals surface area contributed by atoms with E-state index in [1.54, 1.807) is 24.4 Å². The lowest BCUT2D eigenvalue weighted by Crippen LogP contribution is -1.98. The summed E-state index contributed by atoms with van der Waals surface area (Å²) in [5, 5.41) is 9.16. The van der Waals surface area contributed by atoms with Crippen LogP contribution in [0.3, 0.4) is 0 Å². The average molecular weight is 362 g/mol.